The van der Waals surface area contributed by atoms with Gasteiger partial charge in [0.15, 0.2) is 0 Å². The molecule has 0 saturated carbocycles. The molecule has 1 heterocycles. The molecule has 0 bridgehead atoms. The van der Waals surface area contributed by atoms with Gasteiger partial charge in [0.25, 0.3) is 0 Å². The molecule has 0 aromatic heterocycles. The van der Waals surface area contributed by atoms with E-state index in [0.29, 0.717) is 6.42 Å². The Labute approximate surface area is 137 Å². The van der Waals surface area contributed by atoms with Crippen LogP contribution in [0.1, 0.15) is 12.8 Å². The lowest BCUT2D eigenvalue weighted by Gasteiger charge is -2.39. The zero-order valence-corrected chi connectivity index (χ0v) is 13.7. The van der Waals surface area contributed by atoms with E-state index in [1.165, 1.54) is 0 Å². The van der Waals surface area contributed by atoms with Crippen molar-refractivity contribution in [1.82, 2.24) is 4.83 Å². The second-order valence-corrected chi connectivity index (χ2v) is 7.02. The predicted octanol–water partition coefficient (Wildman–Crippen LogP) is -1.81. The molecule has 1 saturated heterocycles. The van der Waals surface area contributed by atoms with Crippen molar-refractivity contribution in [2.45, 2.75) is 42.7 Å². The van der Waals surface area contributed by atoms with Gasteiger partial charge in [0.1, 0.15) is 29.9 Å². The highest BCUT2D eigenvalue weighted by molar-refractivity contribution is 8.14. The third-order valence-electron chi connectivity index (χ3n) is 2.95. The van der Waals surface area contributed by atoms with Crippen LogP contribution in [0.5, 0.6) is 0 Å². The van der Waals surface area contributed by atoms with E-state index in [4.69, 9.17) is 14.4 Å². The first-order valence-electron chi connectivity index (χ1n) is 6.58. The topological polar surface area (TPSA) is 169 Å². The van der Waals surface area contributed by atoms with Gasteiger partial charge in [0.2, 0.25) is 0 Å². The highest BCUT2D eigenvalue weighted by atomic mass is 32.2. The molecule has 0 amide bonds. The summed E-state index contributed by atoms with van der Waals surface area (Å²) in [6, 6.07) is 0. The molecule has 0 aromatic carbocycles. The molecule has 0 aliphatic carbocycles. The smallest absolute Gasteiger partial charge is 0.372 e. The molecule has 0 spiro atoms. The number of hydrogen-bond donors (Lipinski definition) is 6. The van der Waals surface area contributed by atoms with Crippen molar-refractivity contribution in [3.05, 3.63) is 12.7 Å². The Bertz CT molecular complexity index is 524. The van der Waals surface area contributed by atoms with Crippen LogP contribution in [0.25, 0.3) is 0 Å². The number of allylic oxidation sites excluding steroid dienone is 1. The lowest BCUT2D eigenvalue weighted by molar-refractivity contribution is -0.205. The molecule has 12 heteroatoms. The van der Waals surface area contributed by atoms with Crippen LogP contribution in [0.3, 0.4) is 0 Å². The second-order valence-electron chi connectivity index (χ2n) is 4.71. The van der Waals surface area contributed by atoms with Crippen molar-refractivity contribution >= 4 is 27.1 Å². The van der Waals surface area contributed by atoms with Gasteiger partial charge in [0.05, 0.1) is 11.7 Å². The van der Waals surface area contributed by atoms with E-state index in [9.17, 15) is 23.7 Å². The number of hydrogen-bond acceptors (Lipinski definition) is 9. The van der Waals surface area contributed by atoms with Crippen LogP contribution >= 0.6 is 11.8 Å². The summed E-state index contributed by atoms with van der Waals surface area (Å²) >= 11 is 0.789. The maximum absolute atomic E-state index is 10.7. The molecule has 0 radical (unpaired) electrons. The van der Waals surface area contributed by atoms with E-state index in [1.54, 1.807) is 10.9 Å². The molecule has 6 N–H and O–H groups in total. The van der Waals surface area contributed by atoms with Gasteiger partial charge in [-0.3, -0.25) is 4.55 Å². The lowest BCUT2D eigenvalue weighted by atomic mass is 10.0. The largest absolute Gasteiger partial charge is 0.394 e. The molecular formula is C11H20N2O8S2. The Hall–Kier alpha value is -0.730. The Balaban J connectivity index is 2.86. The Morgan fingerprint density at radius 3 is 2.48 bits per heavy atom. The summed E-state index contributed by atoms with van der Waals surface area (Å²) in [7, 11) is -4.54. The maximum atomic E-state index is 10.7. The molecule has 0 aromatic rings. The summed E-state index contributed by atoms with van der Waals surface area (Å²) in [5, 5.41) is 42.1. The van der Waals surface area contributed by atoms with Crippen LogP contribution in [0.4, 0.5) is 0 Å². The Morgan fingerprint density at radius 1 is 1.30 bits per heavy atom. The third-order valence-corrected chi connectivity index (χ3v) is 4.46. The summed E-state index contributed by atoms with van der Waals surface area (Å²) in [5.74, 6) is 0. The van der Waals surface area contributed by atoms with E-state index >= 15 is 0 Å². The summed E-state index contributed by atoms with van der Waals surface area (Å²) < 4.78 is 35.3. The SMILES string of the molecule is C=CCC/C(=N/NS(=O)(=O)O)S[C@@H]1O[C@H](CO)[C@@H](O)[C@H](O)[C@H]1O. The molecule has 1 fully saturated rings. The summed E-state index contributed by atoms with van der Waals surface area (Å²) in [5.41, 5.74) is -1.10. The van der Waals surface area contributed by atoms with E-state index in [0.717, 1.165) is 11.8 Å². The number of ether oxygens (including phenoxy) is 1. The molecule has 134 valence electrons. The number of nitrogens with zero attached hydrogens (tertiary/aromatic N) is 1. The maximum Gasteiger partial charge on any atom is 0.372 e. The molecule has 1 aliphatic rings. The Kier molecular flexibility index (Phi) is 7.89. The fourth-order valence-corrected chi connectivity index (χ4v) is 3.16. The fourth-order valence-electron chi connectivity index (χ4n) is 1.77. The van der Waals surface area contributed by atoms with Crippen LogP contribution in [0, 0.1) is 0 Å². The number of aliphatic hydroxyl groups is 4. The molecule has 23 heavy (non-hydrogen) atoms. The van der Waals surface area contributed by atoms with Crippen LogP contribution in [0.15, 0.2) is 17.8 Å². The molecule has 1 rings (SSSR count). The first-order valence-corrected chi connectivity index (χ1v) is 8.90. The van der Waals surface area contributed by atoms with Gasteiger partial charge >= 0.3 is 10.3 Å². The van der Waals surface area contributed by atoms with Crippen molar-refractivity contribution in [2.24, 2.45) is 5.10 Å². The standard InChI is InChI=1S/C11H20N2O8S2/c1-2-3-4-7(12-13-23(18,19)20)22-11-10(17)9(16)8(15)6(5-14)21-11/h2,6,8-11,13-17H,1,3-5H2,(H,18,19,20)/b12-7-/t6-,8-,9+,10-,11+/m1/s1. The summed E-state index contributed by atoms with van der Waals surface area (Å²) in [4.78, 5) is 1.54. The molecule has 1 aliphatic heterocycles. The van der Waals surface area contributed by atoms with Crippen LogP contribution in [0.2, 0.25) is 0 Å². The Morgan fingerprint density at radius 2 is 1.96 bits per heavy atom. The van der Waals surface area contributed by atoms with Gasteiger partial charge in [0, 0.05) is 6.42 Å². The van der Waals surface area contributed by atoms with Gasteiger partial charge in [-0.1, -0.05) is 17.8 Å². The van der Waals surface area contributed by atoms with Gasteiger partial charge < -0.3 is 25.2 Å². The van der Waals surface area contributed by atoms with E-state index in [1.807, 2.05) is 0 Å². The third kappa shape index (κ3) is 6.35. The summed E-state index contributed by atoms with van der Waals surface area (Å²) in [6.45, 7) is 2.93. The van der Waals surface area contributed by atoms with E-state index in [-0.39, 0.29) is 11.5 Å². The van der Waals surface area contributed by atoms with Gasteiger partial charge in [-0.05, 0) is 6.42 Å². The van der Waals surface area contributed by atoms with Gasteiger partial charge in [-0.2, -0.15) is 18.4 Å². The molecule has 5 atom stereocenters. The zero-order chi connectivity index (χ0) is 17.6. The minimum atomic E-state index is -4.54. The van der Waals surface area contributed by atoms with E-state index < -0.39 is 46.8 Å². The van der Waals surface area contributed by atoms with Crippen LogP contribution in [-0.2, 0) is 15.0 Å². The highest BCUT2D eigenvalue weighted by Gasteiger charge is 2.44. The van der Waals surface area contributed by atoms with Crippen LogP contribution < -0.4 is 4.83 Å². The fraction of sp³-hybridized carbons (Fsp3) is 0.727. The van der Waals surface area contributed by atoms with E-state index in [2.05, 4.69) is 11.7 Å². The second kappa shape index (κ2) is 8.94. The van der Waals surface area contributed by atoms with Crippen LogP contribution in [-0.4, -0.2) is 74.9 Å². The number of hydrazone groups is 1. The van der Waals surface area contributed by atoms with Crippen molar-refractivity contribution < 1.29 is 38.1 Å². The number of thioether (sulfide) groups is 1. The first-order chi connectivity index (χ1) is 10.7. The van der Waals surface area contributed by atoms with Gasteiger partial charge in [-0.25, -0.2) is 0 Å². The minimum Gasteiger partial charge on any atom is -0.394 e. The summed E-state index contributed by atoms with van der Waals surface area (Å²) in [6.07, 6.45) is -3.40. The number of rotatable bonds is 7. The molecular weight excluding hydrogens is 352 g/mol. The predicted molar refractivity (Wildman–Crippen MR) is 82.9 cm³/mol. The number of nitrogens with one attached hydrogen (secondary N) is 1. The lowest BCUT2D eigenvalue weighted by Crippen LogP contribution is -2.57. The zero-order valence-electron chi connectivity index (χ0n) is 12.0. The normalized spacial score (nSPS) is 32.6. The average molecular weight is 372 g/mol. The highest BCUT2D eigenvalue weighted by Crippen LogP contribution is 2.30. The van der Waals surface area contributed by atoms with Crippen molar-refractivity contribution in [3.63, 3.8) is 0 Å². The average Bonchev–Trinajstić information content (AvgIpc) is 2.49. The first kappa shape index (κ1) is 20.3. The van der Waals surface area contributed by atoms with Gasteiger partial charge in [-0.15, -0.1) is 6.58 Å². The molecule has 0 unspecified atom stereocenters. The van der Waals surface area contributed by atoms with Crippen molar-refractivity contribution in [3.8, 4) is 0 Å². The monoisotopic (exact) mass is 372 g/mol. The minimum absolute atomic E-state index is 0.145. The quantitative estimate of drug-likeness (QED) is 0.0991. The number of aliphatic hydroxyl groups excluding tert-OH is 4. The van der Waals surface area contributed by atoms with Crippen molar-refractivity contribution in [2.75, 3.05) is 6.61 Å². The van der Waals surface area contributed by atoms with Crippen molar-refractivity contribution in [1.29, 1.82) is 0 Å². The molecule has 10 nitrogen and oxygen atoms in total.